The molecule has 2 rings (SSSR count). The monoisotopic (exact) mass is 254 g/mol. The smallest absolute Gasteiger partial charge is 0.417 e. The first-order chi connectivity index (χ1) is 8.66. The van der Waals surface area contributed by atoms with Crippen molar-refractivity contribution in [2.24, 2.45) is 5.92 Å². The van der Waals surface area contributed by atoms with Gasteiger partial charge in [0.2, 0.25) is 5.91 Å². The molecule has 1 N–H and O–H groups in total. The minimum absolute atomic E-state index is 0.00177. The maximum absolute atomic E-state index is 11.6. The molecule has 0 aromatic heterocycles. The van der Waals surface area contributed by atoms with Gasteiger partial charge in [0.1, 0.15) is 0 Å². The zero-order valence-electron chi connectivity index (χ0n) is 10.3. The highest BCUT2D eigenvalue weighted by molar-refractivity contribution is 5.97. The van der Waals surface area contributed by atoms with Gasteiger partial charge in [-0.3, -0.25) is 9.59 Å². The van der Waals surface area contributed by atoms with E-state index in [1.54, 1.807) is 0 Å². The molecule has 0 atom stereocenters. The fourth-order valence-corrected chi connectivity index (χ4v) is 2.45. The van der Waals surface area contributed by atoms with Gasteiger partial charge in [-0.15, -0.1) is 0 Å². The van der Waals surface area contributed by atoms with E-state index in [-0.39, 0.29) is 25.0 Å². The minimum Gasteiger partial charge on any atom is -0.439 e. The van der Waals surface area contributed by atoms with Crippen LogP contribution in [0.25, 0.3) is 0 Å². The average molecular weight is 254 g/mol. The first kappa shape index (κ1) is 12.9. The molecule has 0 radical (unpaired) electrons. The average Bonchev–Trinajstić information content (AvgIpc) is 2.93. The van der Waals surface area contributed by atoms with Gasteiger partial charge in [-0.05, 0) is 18.8 Å². The van der Waals surface area contributed by atoms with E-state index in [1.807, 2.05) is 0 Å². The predicted molar refractivity (Wildman–Crippen MR) is 62.6 cm³/mol. The molecule has 0 aromatic carbocycles. The molecule has 1 saturated heterocycles. The molecule has 1 aliphatic carbocycles. The van der Waals surface area contributed by atoms with Gasteiger partial charge in [0.05, 0.1) is 0 Å². The molecule has 1 heterocycles. The molecule has 6 heteroatoms. The third-order valence-electron chi connectivity index (χ3n) is 3.45. The van der Waals surface area contributed by atoms with Crippen molar-refractivity contribution >= 4 is 17.9 Å². The van der Waals surface area contributed by atoms with Crippen molar-refractivity contribution in [3.63, 3.8) is 0 Å². The molecule has 0 aromatic rings. The zero-order chi connectivity index (χ0) is 13.0. The summed E-state index contributed by atoms with van der Waals surface area (Å²) in [6, 6.07) is 0. The summed E-state index contributed by atoms with van der Waals surface area (Å²) in [5.74, 6) is 0.162. The summed E-state index contributed by atoms with van der Waals surface area (Å²) < 4.78 is 4.57. The van der Waals surface area contributed by atoms with Crippen molar-refractivity contribution in [3.05, 3.63) is 0 Å². The Kier molecular flexibility index (Phi) is 4.17. The third-order valence-corrected chi connectivity index (χ3v) is 3.45. The van der Waals surface area contributed by atoms with Crippen LogP contribution in [0, 0.1) is 5.92 Å². The van der Waals surface area contributed by atoms with Crippen LogP contribution in [-0.2, 0) is 14.3 Å². The highest BCUT2D eigenvalue weighted by Crippen LogP contribution is 2.27. The molecule has 1 aliphatic heterocycles. The largest absolute Gasteiger partial charge is 0.439 e. The Morgan fingerprint density at radius 3 is 2.67 bits per heavy atom. The molecule has 0 bridgehead atoms. The van der Waals surface area contributed by atoms with Crippen LogP contribution < -0.4 is 5.32 Å². The Morgan fingerprint density at radius 1 is 1.33 bits per heavy atom. The third kappa shape index (κ3) is 3.21. The number of carbonyl (C=O) groups is 3. The normalized spacial score (nSPS) is 20.3. The number of amides is 3. The van der Waals surface area contributed by atoms with E-state index in [4.69, 9.17) is 0 Å². The van der Waals surface area contributed by atoms with Crippen LogP contribution in [0.2, 0.25) is 0 Å². The summed E-state index contributed by atoms with van der Waals surface area (Å²) in [4.78, 5) is 34.9. The second-order valence-electron chi connectivity index (χ2n) is 4.80. The Bertz CT molecular complexity index is 334. The maximum atomic E-state index is 11.6. The Morgan fingerprint density at radius 2 is 2.06 bits per heavy atom. The van der Waals surface area contributed by atoms with Gasteiger partial charge in [-0.2, -0.15) is 0 Å². The van der Waals surface area contributed by atoms with Gasteiger partial charge >= 0.3 is 6.09 Å². The molecule has 3 amide bonds. The Hall–Kier alpha value is -1.59. The molecule has 2 aliphatic rings. The lowest BCUT2D eigenvalue weighted by Gasteiger charge is -2.12. The van der Waals surface area contributed by atoms with Crippen LogP contribution in [0.1, 0.15) is 32.1 Å². The fourth-order valence-electron chi connectivity index (χ4n) is 2.45. The molecule has 18 heavy (non-hydrogen) atoms. The molecule has 2 fully saturated rings. The van der Waals surface area contributed by atoms with E-state index in [0.29, 0.717) is 18.9 Å². The number of nitrogens with one attached hydrogen (secondary N) is 1. The minimum atomic E-state index is -0.620. The van der Waals surface area contributed by atoms with Crippen molar-refractivity contribution in [2.75, 3.05) is 19.7 Å². The number of rotatable bonds is 5. The summed E-state index contributed by atoms with van der Waals surface area (Å²) >= 11 is 0. The number of imide groups is 1. The van der Waals surface area contributed by atoms with E-state index in [9.17, 15) is 14.4 Å². The summed E-state index contributed by atoms with van der Waals surface area (Å²) in [5, 5.41) is 2.74. The van der Waals surface area contributed by atoms with Crippen molar-refractivity contribution in [1.82, 2.24) is 10.2 Å². The molecule has 100 valence electrons. The van der Waals surface area contributed by atoms with E-state index in [2.05, 4.69) is 10.1 Å². The van der Waals surface area contributed by atoms with Gasteiger partial charge in [-0.1, -0.05) is 12.8 Å². The van der Waals surface area contributed by atoms with Crippen LogP contribution in [0.3, 0.4) is 0 Å². The van der Waals surface area contributed by atoms with Gasteiger partial charge < -0.3 is 10.1 Å². The van der Waals surface area contributed by atoms with Crippen molar-refractivity contribution in [3.8, 4) is 0 Å². The van der Waals surface area contributed by atoms with Gasteiger partial charge in [0, 0.05) is 19.5 Å². The van der Waals surface area contributed by atoms with Crippen molar-refractivity contribution < 1.29 is 19.1 Å². The number of hydrogen-bond donors (Lipinski definition) is 1. The lowest BCUT2D eigenvalue weighted by molar-refractivity contribution is -0.126. The van der Waals surface area contributed by atoms with E-state index >= 15 is 0 Å². The fraction of sp³-hybridized carbons (Fsp3) is 0.750. The summed E-state index contributed by atoms with van der Waals surface area (Å²) in [6.07, 6.45) is 4.62. The second kappa shape index (κ2) is 5.84. The Labute approximate surface area is 106 Å². The number of cyclic esters (lactones) is 1. The van der Waals surface area contributed by atoms with Gasteiger partial charge in [-0.25, -0.2) is 9.69 Å². The molecular formula is C12H18N2O4. The number of ether oxygens (including phenoxy) is 1. The van der Waals surface area contributed by atoms with Crippen LogP contribution in [-0.4, -0.2) is 42.5 Å². The number of nitrogens with zero attached hydrogens (tertiary/aromatic N) is 1. The first-order valence-corrected chi connectivity index (χ1v) is 6.40. The summed E-state index contributed by atoms with van der Waals surface area (Å²) in [5.41, 5.74) is 0. The predicted octanol–water partition coefficient (Wildman–Crippen LogP) is 0.662. The Balaban J connectivity index is 1.64. The van der Waals surface area contributed by atoms with E-state index in [1.165, 1.54) is 12.8 Å². The highest BCUT2D eigenvalue weighted by Gasteiger charge is 2.30. The molecular weight excluding hydrogens is 236 g/mol. The van der Waals surface area contributed by atoms with Crippen LogP contribution >= 0.6 is 0 Å². The zero-order valence-corrected chi connectivity index (χ0v) is 10.3. The summed E-state index contributed by atoms with van der Waals surface area (Å²) in [6.45, 7) is 0.301. The maximum Gasteiger partial charge on any atom is 0.417 e. The van der Waals surface area contributed by atoms with Gasteiger partial charge in [0.25, 0.3) is 5.91 Å². The standard InChI is InChI=1S/C12H18N2O4/c15-10(7-9-3-1-2-4-9)13-5-6-14-11(16)8-18-12(14)17/h9H,1-8H2,(H,13,15). The molecule has 1 saturated carbocycles. The topological polar surface area (TPSA) is 75.7 Å². The second-order valence-corrected chi connectivity index (χ2v) is 4.80. The van der Waals surface area contributed by atoms with Crippen molar-refractivity contribution in [2.45, 2.75) is 32.1 Å². The number of hydrogen-bond acceptors (Lipinski definition) is 4. The molecule has 0 spiro atoms. The molecule has 0 unspecified atom stereocenters. The van der Waals surface area contributed by atoms with Gasteiger partial charge in [0.15, 0.2) is 6.61 Å². The first-order valence-electron chi connectivity index (χ1n) is 6.40. The van der Waals surface area contributed by atoms with Crippen LogP contribution in [0.15, 0.2) is 0 Å². The van der Waals surface area contributed by atoms with E-state index < -0.39 is 6.09 Å². The number of carbonyl (C=O) groups excluding carboxylic acids is 3. The SMILES string of the molecule is O=C(CC1CCCC1)NCCN1C(=O)COC1=O. The summed E-state index contributed by atoms with van der Waals surface area (Å²) in [7, 11) is 0. The highest BCUT2D eigenvalue weighted by atomic mass is 16.6. The lowest BCUT2D eigenvalue weighted by atomic mass is 10.0. The van der Waals surface area contributed by atoms with Crippen LogP contribution in [0.5, 0.6) is 0 Å². The quantitative estimate of drug-likeness (QED) is 0.782. The van der Waals surface area contributed by atoms with Crippen molar-refractivity contribution in [1.29, 1.82) is 0 Å². The van der Waals surface area contributed by atoms with E-state index in [0.717, 1.165) is 17.7 Å². The lowest BCUT2D eigenvalue weighted by Crippen LogP contribution is -2.38. The van der Waals surface area contributed by atoms with Crippen LogP contribution in [0.4, 0.5) is 4.79 Å². The molecule has 6 nitrogen and oxygen atoms in total.